The Morgan fingerprint density at radius 1 is 1.14 bits per heavy atom. The Morgan fingerprint density at radius 2 is 1.76 bits per heavy atom. The third-order valence-electron chi connectivity index (χ3n) is 4.45. The first-order valence-corrected chi connectivity index (χ1v) is 9.73. The van der Waals surface area contributed by atoms with E-state index in [-0.39, 0.29) is 18.2 Å². The highest BCUT2D eigenvalue weighted by atomic mass is 16.5. The Balaban J connectivity index is 2.09. The zero-order valence-electron chi connectivity index (χ0n) is 17.6. The van der Waals surface area contributed by atoms with Gasteiger partial charge in [-0.3, -0.25) is 9.59 Å². The molecule has 160 valence electrons. The summed E-state index contributed by atoms with van der Waals surface area (Å²) >= 11 is 0. The lowest BCUT2D eigenvalue weighted by molar-refractivity contribution is -0.136. The molecule has 29 heavy (non-hydrogen) atoms. The summed E-state index contributed by atoms with van der Waals surface area (Å²) in [5, 5.41) is 2.81. The Bertz CT molecular complexity index is 660. The summed E-state index contributed by atoms with van der Waals surface area (Å²) in [4.78, 5) is 36.5. The van der Waals surface area contributed by atoms with Gasteiger partial charge in [0.25, 0.3) is 0 Å². The van der Waals surface area contributed by atoms with Gasteiger partial charge in [-0.1, -0.05) is 30.7 Å². The third kappa shape index (κ3) is 9.49. The smallest absolute Gasteiger partial charge is 0.230 e. The number of amides is 2. The zero-order chi connectivity index (χ0) is 21.6. The third-order valence-corrected chi connectivity index (χ3v) is 4.45. The quantitative estimate of drug-likeness (QED) is 0.292. The van der Waals surface area contributed by atoms with Crippen LogP contribution in [-0.4, -0.2) is 63.0 Å². The Kier molecular flexibility index (Phi) is 11.5. The van der Waals surface area contributed by atoms with Gasteiger partial charge in [0.2, 0.25) is 11.8 Å². The Labute approximate surface area is 173 Å². The highest BCUT2D eigenvalue weighted by molar-refractivity contribution is 5.90. The second-order valence-electron chi connectivity index (χ2n) is 6.91. The van der Waals surface area contributed by atoms with Crippen LogP contribution in [0, 0.1) is 18.8 Å². The molecular weight excluding hydrogens is 372 g/mol. The highest BCUT2D eigenvalue weighted by Crippen LogP contribution is 2.13. The molecule has 0 saturated carbocycles. The minimum atomic E-state index is -0.521. The number of carbonyl (C=O) groups excluding carboxylic acids is 3. The van der Waals surface area contributed by atoms with Gasteiger partial charge < -0.3 is 24.5 Å². The summed E-state index contributed by atoms with van der Waals surface area (Å²) in [7, 11) is 1.67. The summed E-state index contributed by atoms with van der Waals surface area (Å²) < 4.78 is 10.9. The molecule has 7 nitrogen and oxygen atoms in total. The van der Waals surface area contributed by atoms with Gasteiger partial charge in [-0.15, -0.1) is 6.58 Å². The van der Waals surface area contributed by atoms with Gasteiger partial charge >= 0.3 is 0 Å². The number of likely N-dealkylation sites (N-methyl/N-ethyl adjacent to an activating group) is 1. The molecule has 2 atom stereocenters. The number of carbonyl (C=O) groups is 3. The van der Waals surface area contributed by atoms with Crippen LogP contribution in [0.2, 0.25) is 0 Å². The molecule has 0 aliphatic heterocycles. The van der Waals surface area contributed by atoms with Crippen LogP contribution in [0.4, 0.5) is 5.69 Å². The second kappa shape index (κ2) is 13.6. The van der Waals surface area contributed by atoms with Gasteiger partial charge in [0, 0.05) is 25.2 Å². The standard InChI is InChI=1S/C22H32N2O5/c1-5-20(18(3)16-25)22(27)24(4)11-13-29-15-14-28-12-10-21(26)23-19-8-6-17(2)7-9-19/h5-9,16,18,20H,1,10-15H2,2-4H3,(H,23,26). The number of aryl methyl sites for hydroxylation is 1. The number of aldehydes is 1. The fourth-order valence-electron chi connectivity index (χ4n) is 2.54. The number of benzene rings is 1. The van der Waals surface area contributed by atoms with Crippen LogP contribution >= 0.6 is 0 Å². The lowest BCUT2D eigenvalue weighted by Gasteiger charge is -2.23. The summed E-state index contributed by atoms with van der Waals surface area (Å²) in [6.07, 6.45) is 2.53. The molecule has 1 N–H and O–H groups in total. The Morgan fingerprint density at radius 3 is 2.34 bits per heavy atom. The zero-order valence-corrected chi connectivity index (χ0v) is 17.6. The molecule has 0 spiro atoms. The number of hydrogen-bond donors (Lipinski definition) is 1. The van der Waals surface area contributed by atoms with Crippen molar-refractivity contribution < 1.29 is 23.9 Å². The van der Waals surface area contributed by atoms with Crippen molar-refractivity contribution in [2.75, 3.05) is 45.3 Å². The second-order valence-corrected chi connectivity index (χ2v) is 6.91. The van der Waals surface area contributed by atoms with Crippen LogP contribution in [0.25, 0.3) is 0 Å². The van der Waals surface area contributed by atoms with Crippen LogP contribution < -0.4 is 5.32 Å². The fourth-order valence-corrected chi connectivity index (χ4v) is 2.54. The molecule has 0 aromatic heterocycles. The first kappa shape index (κ1) is 24.5. The van der Waals surface area contributed by atoms with Gasteiger partial charge in [0.1, 0.15) is 6.29 Å². The predicted octanol–water partition coefficient (Wildman–Crippen LogP) is 2.45. The van der Waals surface area contributed by atoms with Gasteiger partial charge in [-0.05, 0) is 19.1 Å². The van der Waals surface area contributed by atoms with Crippen LogP contribution in [0.3, 0.4) is 0 Å². The van der Waals surface area contributed by atoms with Crippen LogP contribution in [-0.2, 0) is 23.9 Å². The van der Waals surface area contributed by atoms with Crippen molar-refractivity contribution in [3.8, 4) is 0 Å². The van der Waals surface area contributed by atoms with Crippen molar-refractivity contribution in [2.45, 2.75) is 20.3 Å². The summed E-state index contributed by atoms with van der Waals surface area (Å²) in [6.45, 7) is 9.13. The van der Waals surface area contributed by atoms with E-state index in [0.29, 0.717) is 33.0 Å². The van der Waals surface area contributed by atoms with Gasteiger partial charge in [-0.2, -0.15) is 0 Å². The summed E-state index contributed by atoms with van der Waals surface area (Å²) in [5.74, 6) is -1.18. The summed E-state index contributed by atoms with van der Waals surface area (Å²) in [5.41, 5.74) is 1.90. The number of ether oxygens (including phenoxy) is 2. The van der Waals surface area contributed by atoms with Crippen molar-refractivity contribution in [2.24, 2.45) is 11.8 Å². The predicted molar refractivity (Wildman–Crippen MR) is 113 cm³/mol. The van der Waals surface area contributed by atoms with Crippen molar-refractivity contribution in [1.82, 2.24) is 4.90 Å². The molecule has 1 aromatic rings. The molecule has 0 fully saturated rings. The summed E-state index contributed by atoms with van der Waals surface area (Å²) in [6, 6.07) is 7.60. The molecule has 1 aromatic carbocycles. The van der Waals surface area contributed by atoms with E-state index in [1.165, 1.54) is 11.0 Å². The largest absolute Gasteiger partial charge is 0.379 e. The van der Waals surface area contributed by atoms with E-state index in [9.17, 15) is 14.4 Å². The molecule has 2 unspecified atom stereocenters. The molecule has 0 bridgehead atoms. The van der Waals surface area contributed by atoms with E-state index in [1.54, 1.807) is 14.0 Å². The van der Waals surface area contributed by atoms with Crippen LogP contribution in [0.15, 0.2) is 36.9 Å². The molecular formula is C22H32N2O5. The first-order chi connectivity index (χ1) is 13.9. The van der Waals surface area contributed by atoms with Crippen LogP contribution in [0.5, 0.6) is 0 Å². The lowest BCUT2D eigenvalue weighted by Crippen LogP contribution is -2.37. The SMILES string of the molecule is C=CC(C(=O)N(C)CCOCCOCCC(=O)Nc1ccc(C)cc1)C(C)C=O. The molecule has 0 aliphatic rings. The van der Waals surface area contributed by atoms with Crippen LogP contribution in [0.1, 0.15) is 18.9 Å². The molecule has 0 heterocycles. The van der Waals surface area contributed by atoms with Crippen molar-refractivity contribution >= 4 is 23.8 Å². The van der Waals surface area contributed by atoms with E-state index >= 15 is 0 Å². The number of anilines is 1. The number of rotatable bonds is 14. The molecule has 0 aliphatic carbocycles. The van der Waals surface area contributed by atoms with Gasteiger partial charge in [0.15, 0.2) is 0 Å². The minimum Gasteiger partial charge on any atom is -0.379 e. The molecule has 0 radical (unpaired) electrons. The first-order valence-electron chi connectivity index (χ1n) is 9.73. The average Bonchev–Trinajstić information content (AvgIpc) is 2.71. The van der Waals surface area contributed by atoms with Gasteiger partial charge in [-0.25, -0.2) is 0 Å². The maximum absolute atomic E-state index is 12.3. The molecule has 1 rings (SSSR count). The van der Waals surface area contributed by atoms with E-state index in [1.807, 2.05) is 31.2 Å². The topological polar surface area (TPSA) is 84.9 Å². The molecule has 7 heteroatoms. The van der Waals surface area contributed by atoms with E-state index in [4.69, 9.17) is 9.47 Å². The minimum absolute atomic E-state index is 0.101. The maximum atomic E-state index is 12.3. The molecule has 0 saturated heterocycles. The average molecular weight is 405 g/mol. The monoisotopic (exact) mass is 404 g/mol. The van der Waals surface area contributed by atoms with E-state index in [2.05, 4.69) is 11.9 Å². The molecule has 2 amide bonds. The Hall–Kier alpha value is -2.51. The maximum Gasteiger partial charge on any atom is 0.230 e. The number of nitrogens with one attached hydrogen (secondary N) is 1. The normalized spacial score (nSPS) is 12.7. The van der Waals surface area contributed by atoms with Crippen molar-refractivity contribution in [3.05, 3.63) is 42.5 Å². The van der Waals surface area contributed by atoms with Gasteiger partial charge in [0.05, 0.1) is 38.8 Å². The van der Waals surface area contributed by atoms with Crippen molar-refractivity contribution in [3.63, 3.8) is 0 Å². The van der Waals surface area contributed by atoms with E-state index in [0.717, 1.165) is 17.5 Å². The van der Waals surface area contributed by atoms with Crippen molar-refractivity contribution in [1.29, 1.82) is 0 Å². The number of hydrogen-bond acceptors (Lipinski definition) is 5. The highest BCUT2D eigenvalue weighted by Gasteiger charge is 2.24. The fraction of sp³-hybridized carbons (Fsp3) is 0.500. The number of nitrogens with zero attached hydrogens (tertiary/aromatic N) is 1. The van der Waals surface area contributed by atoms with E-state index < -0.39 is 11.8 Å². The lowest BCUT2D eigenvalue weighted by atomic mass is 9.94.